The highest BCUT2D eigenvalue weighted by atomic mass is 16.5. The van der Waals surface area contributed by atoms with E-state index in [0.717, 1.165) is 17.9 Å². The van der Waals surface area contributed by atoms with Crippen LogP contribution < -0.4 is 0 Å². The number of hydrogen-bond acceptors (Lipinski definition) is 2. The van der Waals surface area contributed by atoms with Crippen LogP contribution in [0.3, 0.4) is 0 Å². The molecule has 0 saturated carbocycles. The van der Waals surface area contributed by atoms with Gasteiger partial charge in [-0.05, 0) is 24.8 Å². The van der Waals surface area contributed by atoms with Crippen LogP contribution in [0.25, 0.3) is 0 Å². The maximum atomic E-state index is 8.78. The van der Waals surface area contributed by atoms with Crippen molar-refractivity contribution in [1.82, 2.24) is 0 Å². The lowest BCUT2D eigenvalue weighted by atomic mass is 9.67. The Balaban J connectivity index is 1.92. The van der Waals surface area contributed by atoms with Gasteiger partial charge in [0, 0.05) is 17.4 Å². The van der Waals surface area contributed by atoms with E-state index in [4.69, 9.17) is 10.00 Å². The topological polar surface area (TPSA) is 33.0 Å². The molecule has 0 aromatic heterocycles. The third kappa shape index (κ3) is 0.875. The van der Waals surface area contributed by atoms with Gasteiger partial charge in [0.2, 0.25) is 0 Å². The summed E-state index contributed by atoms with van der Waals surface area (Å²) in [6.45, 7) is 0.873. The molecule has 0 aromatic rings. The standard InChI is InChI=1S/C11H11NO/c12-6-9-4-8-3-7-1-2-13-11(7)5-10(8)9/h4-5,7-8,10H,1-3H2. The van der Waals surface area contributed by atoms with Crippen molar-refractivity contribution in [3.8, 4) is 6.07 Å². The van der Waals surface area contributed by atoms with Crippen molar-refractivity contribution < 1.29 is 4.74 Å². The fourth-order valence-corrected chi connectivity index (χ4v) is 2.60. The fraction of sp³-hybridized carbons (Fsp3) is 0.545. The van der Waals surface area contributed by atoms with E-state index in [2.05, 4.69) is 18.2 Å². The molecule has 0 radical (unpaired) electrons. The van der Waals surface area contributed by atoms with Gasteiger partial charge in [0.15, 0.2) is 0 Å². The van der Waals surface area contributed by atoms with E-state index in [9.17, 15) is 0 Å². The molecule has 0 amide bonds. The van der Waals surface area contributed by atoms with Crippen LogP contribution in [0.1, 0.15) is 12.8 Å². The van der Waals surface area contributed by atoms with Gasteiger partial charge in [0.25, 0.3) is 0 Å². The zero-order chi connectivity index (χ0) is 8.84. The molecule has 2 aliphatic carbocycles. The van der Waals surface area contributed by atoms with E-state index in [1.807, 2.05) is 0 Å². The SMILES string of the molecule is N#CC1=CC2CC3CCOC3=CC12. The molecule has 0 spiro atoms. The summed E-state index contributed by atoms with van der Waals surface area (Å²) >= 11 is 0. The quantitative estimate of drug-likeness (QED) is 0.561. The molecule has 0 aromatic carbocycles. The van der Waals surface area contributed by atoms with Crippen LogP contribution in [0.15, 0.2) is 23.5 Å². The number of nitriles is 1. The smallest absolute Gasteiger partial charge is 0.0958 e. The predicted octanol–water partition coefficient (Wildman–Crippen LogP) is 2.01. The van der Waals surface area contributed by atoms with E-state index < -0.39 is 0 Å². The minimum Gasteiger partial charge on any atom is -0.498 e. The Labute approximate surface area is 77.5 Å². The second kappa shape index (κ2) is 2.38. The Hall–Kier alpha value is -1.23. The molecule has 13 heavy (non-hydrogen) atoms. The Morgan fingerprint density at radius 1 is 1.46 bits per heavy atom. The van der Waals surface area contributed by atoms with Crippen LogP contribution in [0.4, 0.5) is 0 Å². The van der Waals surface area contributed by atoms with Crippen molar-refractivity contribution in [2.24, 2.45) is 17.8 Å². The summed E-state index contributed by atoms with van der Waals surface area (Å²) in [4.78, 5) is 0. The van der Waals surface area contributed by atoms with Crippen molar-refractivity contribution in [1.29, 1.82) is 5.26 Å². The monoisotopic (exact) mass is 173 g/mol. The molecular formula is C11H11NO. The highest BCUT2D eigenvalue weighted by Gasteiger charge is 2.40. The lowest BCUT2D eigenvalue weighted by Crippen LogP contribution is -2.29. The van der Waals surface area contributed by atoms with Gasteiger partial charge in [-0.25, -0.2) is 0 Å². The Kier molecular flexibility index (Phi) is 1.32. The lowest BCUT2D eigenvalue weighted by Gasteiger charge is -2.36. The molecule has 3 atom stereocenters. The number of nitrogens with zero attached hydrogens (tertiary/aromatic N) is 1. The first-order valence-electron chi connectivity index (χ1n) is 4.85. The summed E-state index contributed by atoms with van der Waals surface area (Å²) in [6.07, 6.45) is 6.66. The summed E-state index contributed by atoms with van der Waals surface area (Å²) in [5, 5.41) is 8.78. The molecule has 3 unspecified atom stereocenters. The minimum atomic E-state index is 0.384. The second-order valence-electron chi connectivity index (χ2n) is 4.06. The van der Waals surface area contributed by atoms with Crippen LogP contribution in [-0.4, -0.2) is 6.61 Å². The normalized spacial score (nSPS) is 40.1. The van der Waals surface area contributed by atoms with Crippen LogP contribution >= 0.6 is 0 Å². The molecule has 1 heterocycles. The van der Waals surface area contributed by atoms with Crippen LogP contribution in [0.5, 0.6) is 0 Å². The van der Waals surface area contributed by atoms with Gasteiger partial charge in [-0.15, -0.1) is 0 Å². The first-order valence-corrected chi connectivity index (χ1v) is 4.85. The lowest BCUT2D eigenvalue weighted by molar-refractivity contribution is 0.237. The Bertz CT molecular complexity index is 348. The largest absolute Gasteiger partial charge is 0.498 e. The molecule has 2 heteroatoms. The predicted molar refractivity (Wildman–Crippen MR) is 47.4 cm³/mol. The Morgan fingerprint density at radius 2 is 2.38 bits per heavy atom. The number of hydrogen-bond donors (Lipinski definition) is 0. The molecule has 2 nitrogen and oxygen atoms in total. The first-order chi connectivity index (χ1) is 6.38. The molecule has 1 saturated heterocycles. The second-order valence-corrected chi connectivity index (χ2v) is 4.06. The first kappa shape index (κ1) is 7.20. The highest BCUT2D eigenvalue weighted by Crippen LogP contribution is 2.47. The average Bonchev–Trinajstić information content (AvgIpc) is 2.55. The van der Waals surface area contributed by atoms with Gasteiger partial charge in [-0.2, -0.15) is 5.26 Å². The molecular weight excluding hydrogens is 162 g/mol. The van der Waals surface area contributed by atoms with Crippen LogP contribution in [0.2, 0.25) is 0 Å². The van der Waals surface area contributed by atoms with Gasteiger partial charge in [-0.1, -0.05) is 6.08 Å². The molecule has 1 fully saturated rings. The summed E-state index contributed by atoms with van der Waals surface area (Å²) in [7, 11) is 0. The van der Waals surface area contributed by atoms with Crippen LogP contribution in [0, 0.1) is 29.1 Å². The van der Waals surface area contributed by atoms with E-state index >= 15 is 0 Å². The van der Waals surface area contributed by atoms with Gasteiger partial charge >= 0.3 is 0 Å². The zero-order valence-electron chi connectivity index (χ0n) is 7.36. The van der Waals surface area contributed by atoms with Gasteiger partial charge in [0.1, 0.15) is 0 Å². The van der Waals surface area contributed by atoms with Crippen molar-refractivity contribution in [3.63, 3.8) is 0 Å². The maximum absolute atomic E-state index is 8.78. The summed E-state index contributed by atoms with van der Waals surface area (Å²) in [5.41, 5.74) is 0.937. The van der Waals surface area contributed by atoms with Gasteiger partial charge in [-0.3, -0.25) is 0 Å². The molecule has 1 aliphatic heterocycles. The molecule has 66 valence electrons. The zero-order valence-corrected chi connectivity index (χ0v) is 7.36. The minimum absolute atomic E-state index is 0.384. The Morgan fingerprint density at radius 3 is 3.23 bits per heavy atom. The van der Waals surface area contributed by atoms with E-state index in [0.29, 0.717) is 17.8 Å². The summed E-state index contributed by atoms with van der Waals surface area (Å²) in [5.74, 6) is 2.82. The number of fused-ring (bicyclic) bond motifs is 2. The summed E-state index contributed by atoms with van der Waals surface area (Å²) < 4.78 is 5.53. The number of rotatable bonds is 0. The molecule has 0 bridgehead atoms. The summed E-state index contributed by atoms with van der Waals surface area (Å²) in [6, 6.07) is 2.24. The van der Waals surface area contributed by atoms with Crippen LogP contribution in [-0.2, 0) is 4.74 Å². The van der Waals surface area contributed by atoms with E-state index in [1.54, 1.807) is 0 Å². The van der Waals surface area contributed by atoms with E-state index in [1.165, 1.54) is 12.8 Å². The van der Waals surface area contributed by atoms with E-state index in [-0.39, 0.29) is 0 Å². The van der Waals surface area contributed by atoms with Crippen molar-refractivity contribution in [2.45, 2.75) is 12.8 Å². The highest BCUT2D eigenvalue weighted by molar-refractivity contribution is 5.40. The number of ether oxygens (including phenoxy) is 1. The molecule has 3 rings (SSSR count). The maximum Gasteiger partial charge on any atom is 0.0958 e. The van der Waals surface area contributed by atoms with Gasteiger partial charge < -0.3 is 4.74 Å². The average molecular weight is 173 g/mol. The fourth-order valence-electron chi connectivity index (χ4n) is 2.60. The van der Waals surface area contributed by atoms with Gasteiger partial charge in [0.05, 0.1) is 18.4 Å². The molecule has 0 N–H and O–H groups in total. The molecule has 3 aliphatic rings. The number of allylic oxidation sites excluding steroid dienone is 4. The van der Waals surface area contributed by atoms with Crippen molar-refractivity contribution in [2.75, 3.05) is 6.61 Å². The van der Waals surface area contributed by atoms with Crippen molar-refractivity contribution in [3.05, 3.63) is 23.5 Å². The van der Waals surface area contributed by atoms with Crippen molar-refractivity contribution >= 4 is 0 Å². The third-order valence-electron chi connectivity index (χ3n) is 3.38. The third-order valence-corrected chi connectivity index (χ3v) is 3.38.